The summed E-state index contributed by atoms with van der Waals surface area (Å²) in [6.07, 6.45) is 2.38. The number of hydrogen-bond donors (Lipinski definition) is 0. The molecule has 0 radical (unpaired) electrons. The van der Waals surface area contributed by atoms with Gasteiger partial charge in [-0.15, -0.1) is 0 Å². The van der Waals surface area contributed by atoms with Gasteiger partial charge in [-0.25, -0.2) is 4.98 Å². The second kappa shape index (κ2) is 7.71. The fourth-order valence-electron chi connectivity index (χ4n) is 2.42. The molecule has 0 saturated carbocycles. The van der Waals surface area contributed by atoms with Gasteiger partial charge in [-0.2, -0.15) is 5.26 Å². The molecule has 0 bridgehead atoms. The lowest BCUT2D eigenvalue weighted by molar-refractivity contribution is 0.415. The molecule has 0 spiro atoms. The molecule has 0 atom stereocenters. The summed E-state index contributed by atoms with van der Waals surface area (Å²) in [5, 5.41) is 9.65. The van der Waals surface area contributed by atoms with Crippen molar-refractivity contribution in [3.05, 3.63) is 60.8 Å². The highest BCUT2D eigenvalue weighted by Crippen LogP contribution is 2.30. The van der Waals surface area contributed by atoms with Crippen LogP contribution in [0.1, 0.15) is 6.42 Å². The average molecular weight is 335 g/mol. The van der Waals surface area contributed by atoms with E-state index in [1.807, 2.05) is 48.7 Å². The number of para-hydroxylation sites is 1. The Labute approximate surface area is 145 Å². The Hall–Kier alpha value is -2.71. The molecule has 3 rings (SSSR count). The predicted octanol–water partition coefficient (Wildman–Crippen LogP) is 4.55. The summed E-state index contributed by atoms with van der Waals surface area (Å²) in [6.45, 7) is 0. The SMILES string of the molecule is COc1ccc(-c2cnc(SCCC#N)n2-c2ccccc2)cc1. The maximum atomic E-state index is 8.76. The summed E-state index contributed by atoms with van der Waals surface area (Å²) in [5.74, 6) is 1.55. The first-order valence-electron chi connectivity index (χ1n) is 7.61. The van der Waals surface area contributed by atoms with E-state index in [0.717, 1.165) is 33.6 Å². The van der Waals surface area contributed by atoms with E-state index in [1.54, 1.807) is 18.9 Å². The van der Waals surface area contributed by atoms with Crippen LogP contribution in [0.5, 0.6) is 5.75 Å². The molecule has 24 heavy (non-hydrogen) atoms. The molecule has 1 aromatic heterocycles. The standard InChI is InChI=1S/C19H17N3OS/c1-23-17-10-8-15(9-11-17)18-14-21-19(24-13-5-12-20)22(18)16-6-3-2-4-7-16/h2-4,6-11,14H,5,13H2,1H3. The fraction of sp³-hybridized carbons (Fsp3) is 0.158. The maximum Gasteiger partial charge on any atom is 0.173 e. The molecular formula is C19H17N3OS. The Morgan fingerprint density at radius 1 is 1.12 bits per heavy atom. The van der Waals surface area contributed by atoms with Gasteiger partial charge in [-0.1, -0.05) is 30.0 Å². The summed E-state index contributed by atoms with van der Waals surface area (Å²) in [4.78, 5) is 4.57. The second-order valence-corrected chi connectivity index (χ2v) is 6.14. The van der Waals surface area contributed by atoms with Gasteiger partial charge in [0.15, 0.2) is 5.16 Å². The number of nitrogens with zero attached hydrogens (tertiary/aromatic N) is 3. The van der Waals surface area contributed by atoms with Crippen molar-refractivity contribution in [1.82, 2.24) is 9.55 Å². The summed E-state index contributed by atoms with van der Waals surface area (Å²) in [7, 11) is 1.66. The molecule has 0 aliphatic carbocycles. The third-order valence-electron chi connectivity index (χ3n) is 3.57. The summed E-state index contributed by atoms with van der Waals surface area (Å²) in [5.41, 5.74) is 3.14. The first-order chi connectivity index (χ1) is 11.8. The van der Waals surface area contributed by atoms with Crippen LogP contribution >= 0.6 is 11.8 Å². The van der Waals surface area contributed by atoms with Gasteiger partial charge in [-0.3, -0.25) is 4.57 Å². The second-order valence-electron chi connectivity index (χ2n) is 5.08. The topological polar surface area (TPSA) is 50.8 Å². The van der Waals surface area contributed by atoms with Crippen LogP contribution in [0.2, 0.25) is 0 Å². The Bertz CT molecular complexity index is 835. The van der Waals surface area contributed by atoms with Gasteiger partial charge in [0.25, 0.3) is 0 Å². The summed E-state index contributed by atoms with van der Waals surface area (Å²) >= 11 is 1.59. The van der Waals surface area contributed by atoms with Crippen molar-refractivity contribution in [3.63, 3.8) is 0 Å². The summed E-state index contributed by atoms with van der Waals surface area (Å²) in [6, 6.07) is 20.3. The van der Waals surface area contributed by atoms with E-state index in [4.69, 9.17) is 10.00 Å². The number of rotatable bonds is 6. The lowest BCUT2D eigenvalue weighted by Crippen LogP contribution is -1.99. The number of methoxy groups -OCH3 is 1. The largest absolute Gasteiger partial charge is 0.497 e. The number of nitriles is 1. The van der Waals surface area contributed by atoms with Crippen LogP contribution in [0.25, 0.3) is 16.9 Å². The van der Waals surface area contributed by atoms with Crippen molar-refractivity contribution >= 4 is 11.8 Å². The van der Waals surface area contributed by atoms with Crippen LogP contribution in [0.15, 0.2) is 66.0 Å². The number of imidazole rings is 1. The summed E-state index contributed by atoms with van der Waals surface area (Å²) < 4.78 is 7.36. The van der Waals surface area contributed by atoms with Gasteiger partial charge in [0.1, 0.15) is 5.75 Å². The molecule has 4 nitrogen and oxygen atoms in total. The third-order valence-corrected chi connectivity index (χ3v) is 4.53. The lowest BCUT2D eigenvalue weighted by atomic mass is 10.1. The molecule has 1 heterocycles. The van der Waals surface area contributed by atoms with Crippen molar-refractivity contribution in [2.45, 2.75) is 11.6 Å². The average Bonchev–Trinajstić information content (AvgIpc) is 3.06. The zero-order chi connectivity index (χ0) is 16.8. The van der Waals surface area contributed by atoms with E-state index in [2.05, 4.69) is 27.8 Å². The van der Waals surface area contributed by atoms with E-state index < -0.39 is 0 Å². The van der Waals surface area contributed by atoms with Crippen molar-refractivity contribution in [2.24, 2.45) is 0 Å². The van der Waals surface area contributed by atoms with Crippen molar-refractivity contribution in [1.29, 1.82) is 5.26 Å². The van der Waals surface area contributed by atoms with Gasteiger partial charge in [0, 0.05) is 23.4 Å². The smallest absolute Gasteiger partial charge is 0.173 e. The molecule has 0 amide bonds. The van der Waals surface area contributed by atoms with Crippen LogP contribution in [0.3, 0.4) is 0 Å². The van der Waals surface area contributed by atoms with E-state index in [0.29, 0.717) is 6.42 Å². The Kier molecular flexibility index (Phi) is 5.19. The van der Waals surface area contributed by atoms with Gasteiger partial charge >= 0.3 is 0 Å². The van der Waals surface area contributed by atoms with Crippen LogP contribution in [0, 0.1) is 11.3 Å². The number of hydrogen-bond acceptors (Lipinski definition) is 4. The molecule has 0 unspecified atom stereocenters. The van der Waals surface area contributed by atoms with Gasteiger partial charge < -0.3 is 4.74 Å². The molecule has 0 N–H and O–H groups in total. The third kappa shape index (κ3) is 3.44. The van der Waals surface area contributed by atoms with E-state index in [9.17, 15) is 0 Å². The molecule has 0 aliphatic rings. The molecule has 0 fully saturated rings. The predicted molar refractivity (Wildman–Crippen MR) is 96.5 cm³/mol. The zero-order valence-electron chi connectivity index (χ0n) is 13.3. The first-order valence-corrected chi connectivity index (χ1v) is 8.59. The van der Waals surface area contributed by atoms with Gasteiger partial charge in [-0.05, 0) is 36.4 Å². The van der Waals surface area contributed by atoms with E-state index in [-0.39, 0.29) is 0 Å². The Balaban J connectivity index is 2.03. The Morgan fingerprint density at radius 2 is 1.88 bits per heavy atom. The number of benzene rings is 2. The molecule has 5 heteroatoms. The first kappa shape index (κ1) is 16.2. The number of thioether (sulfide) groups is 1. The van der Waals surface area contributed by atoms with E-state index >= 15 is 0 Å². The van der Waals surface area contributed by atoms with Crippen molar-refractivity contribution in [3.8, 4) is 28.8 Å². The van der Waals surface area contributed by atoms with Crippen LogP contribution in [-0.4, -0.2) is 22.4 Å². The minimum absolute atomic E-state index is 0.504. The molecule has 0 aliphatic heterocycles. The monoisotopic (exact) mass is 335 g/mol. The van der Waals surface area contributed by atoms with Gasteiger partial charge in [0.05, 0.1) is 25.1 Å². The molecular weight excluding hydrogens is 318 g/mol. The number of ether oxygens (including phenoxy) is 1. The highest BCUT2D eigenvalue weighted by atomic mass is 32.2. The van der Waals surface area contributed by atoms with Crippen LogP contribution < -0.4 is 4.74 Å². The zero-order valence-corrected chi connectivity index (χ0v) is 14.2. The fourth-order valence-corrected chi connectivity index (χ4v) is 3.25. The molecule has 0 saturated heterocycles. The quantitative estimate of drug-likeness (QED) is 0.490. The highest BCUT2D eigenvalue weighted by molar-refractivity contribution is 7.99. The normalized spacial score (nSPS) is 10.3. The maximum absolute atomic E-state index is 8.76. The van der Waals surface area contributed by atoms with E-state index in [1.165, 1.54) is 0 Å². The molecule has 120 valence electrons. The van der Waals surface area contributed by atoms with Crippen molar-refractivity contribution in [2.75, 3.05) is 12.9 Å². The number of aromatic nitrogens is 2. The molecule has 2 aromatic carbocycles. The van der Waals surface area contributed by atoms with Crippen molar-refractivity contribution < 1.29 is 4.74 Å². The van der Waals surface area contributed by atoms with Crippen LogP contribution in [-0.2, 0) is 0 Å². The molecule has 3 aromatic rings. The highest BCUT2D eigenvalue weighted by Gasteiger charge is 2.14. The van der Waals surface area contributed by atoms with Gasteiger partial charge in [0.2, 0.25) is 0 Å². The van der Waals surface area contributed by atoms with Crippen LogP contribution in [0.4, 0.5) is 0 Å². The minimum atomic E-state index is 0.504. The lowest BCUT2D eigenvalue weighted by Gasteiger charge is -2.12. The Morgan fingerprint density at radius 3 is 2.54 bits per heavy atom. The minimum Gasteiger partial charge on any atom is -0.497 e.